The number of rotatable bonds is 2. The van der Waals surface area contributed by atoms with Gasteiger partial charge >= 0.3 is 154 Å². The minimum absolute atomic E-state index is 0. The SMILES string of the molecule is CC(C)S(C(C)C)=P([O-])([O-])[S-].[K+].[K+].[K+]. The van der Waals surface area contributed by atoms with Crippen molar-refractivity contribution in [3.8, 4) is 0 Å². The van der Waals surface area contributed by atoms with Crippen LogP contribution in [0.3, 0.4) is 0 Å². The van der Waals surface area contributed by atoms with Gasteiger partial charge < -0.3 is 27.7 Å². The van der Waals surface area contributed by atoms with Gasteiger partial charge in [0, 0.05) is 0 Å². The molecule has 0 aliphatic carbocycles. The molecule has 0 aromatic heterocycles. The summed E-state index contributed by atoms with van der Waals surface area (Å²) in [5.41, 5.74) is -3.53. The molecule has 0 atom stereocenters. The Hall–Kier alpha value is 5.96. The second-order valence-electron chi connectivity index (χ2n) is 2.89. The standard InChI is InChI=1S/C6H14O2PS2.3K/c1-5(2)11(6(3)4)9(7,8)10;;;/h5-6H,1-4H3;;;/q-3;3*+1. The third-order valence-electron chi connectivity index (χ3n) is 1.22. The Kier molecular flexibility index (Phi) is 28.0. The van der Waals surface area contributed by atoms with Gasteiger partial charge in [0.1, 0.15) is 0 Å². The van der Waals surface area contributed by atoms with Crippen molar-refractivity contribution < 1.29 is 164 Å². The molecule has 0 aliphatic rings. The predicted octanol–water partition coefficient (Wildman–Crippen LogP) is -8.62. The Bertz CT molecular complexity index is 175. The van der Waals surface area contributed by atoms with Crippen molar-refractivity contribution >= 4 is 28.0 Å². The van der Waals surface area contributed by atoms with Gasteiger partial charge in [-0.3, -0.25) is 0 Å². The van der Waals surface area contributed by atoms with Gasteiger partial charge in [-0.25, -0.2) is 10.1 Å². The first kappa shape index (κ1) is 28.2. The van der Waals surface area contributed by atoms with Crippen molar-refractivity contribution in [2.24, 2.45) is 0 Å². The van der Waals surface area contributed by atoms with Crippen LogP contribution in [0.1, 0.15) is 27.7 Å². The molecule has 0 unspecified atom stereocenters. The van der Waals surface area contributed by atoms with Crippen molar-refractivity contribution in [3.05, 3.63) is 0 Å². The van der Waals surface area contributed by atoms with E-state index in [9.17, 15) is 9.79 Å². The van der Waals surface area contributed by atoms with Gasteiger partial charge in [0.15, 0.2) is 0 Å². The van der Waals surface area contributed by atoms with Crippen LogP contribution in [-0.2, 0) is 22.3 Å². The van der Waals surface area contributed by atoms with Gasteiger partial charge in [-0.2, -0.15) is 0 Å². The van der Waals surface area contributed by atoms with Gasteiger partial charge in [0.2, 0.25) is 0 Å². The summed E-state index contributed by atoms with van der Waals surface area (Å²) in [7, 11) is -0.630. The minimum Gasteiger partial charge on any atom is -0.854 e. The Morgan fingerprint density at radius 1 is 0.929 bits per heavy atom. The summed E-state index contributed by atoms with van der Waals surface area (Å²) in [5.74, 6) is 0. The van der Waals surface area contributed by atoms with Crippen molar-refractivity contribution in [2.45, 2.75) is 38.2 Å². The molecule has 0 bridgehead atoms. The van der Waals surface area contributed by atoms with E-state index in [4.69, 9.17) is 0 Å². The van der Waals surface area contributed by atoms with Crippen molar-refractivity contribution in [1.82, 2.24) is 0 Å². The molecule has 2 nitrogen and oxygen atoms in total. The van der Waals surface area contributed by atoms with E-state index < -0.39 is 15.8 Å². The fourth-order valence-corrected chi connectivity index (χ4v) is 9.38. The maximum absolute atomic E-state index is 11.1. The molecule has 0 aromatic carbocycles. The molecule has 70 valence electrons. The Morgan fingerprint density at radius 2 is 1.14 bits per heavy atom. The predicted molar refractivity (Wildman–Crippen MR) is 51.9 cm³/mol. The van der Waals surface area contributed by atoms with Crippen LogP contribution >= 0.6 is 5.69 Å². The van der Waals surface area contributed by atoms with E-state index in [2.05, 4.69) is 12.2 Å². The molecular weight excluding hydrogens is 316 g/mol. The van der Waals surface area contributed by atoms with E-state index in [1.165, 1.54) is 0 Å². The van der Waals surface area contributed by atoms with E-state index >= 15 is 0 Å². The Morgan fingerprint density at radius 3 is 1.14 bits per heavy atom. The van der Waals surface area contributed by atoms with Crippen LogP contribution in [0.15, 0.2) is 0 Å². The molecular formula is C6H14K3O2PS2. The van der Waals surface area contributed by atoms with Gasteiger partial charge in [0.05, 0.1) is 0 Å². The molecule has 0 saturated heterocycles. The Balaban J connectivity index is -0.000000167. The maximum atomic E-state index is 11.1. The average molecular weight is 331 g/mol. The first-order valence-electron chi connectivity index (χ1n) is 3.51. The van der Waals surface area contributed by atoms with Crippen LogP contribution in [0.25, 0.3) is 0 Å². The van der Waals surface area contributed by atoms with E-state index in [1.807, 2.05) is 27.7 Å². The smallest absolute Gasteiger partial charge is 0.854 e. The second-order valence-corrected chi connectivity index (χ2v) is 11.2. The summed E-state index contributed by atoms with van der Waals surface area (Å²) in [6.07, 6.45) is 0. The summed E-state index contributed by atoms with van der Waals surface area (Å²) >= 11 is 4.47. The number of hydrogen-bond acceptors (Lipinski definition) is 3. The van der Waals surface area contributed by atoms with Crippen LogP contribution in [-0.4, -0.2) is 10.5 Å². The van der Waals surface area contributed by atoms with E-state index in [0.717, 1.165) is 0 Å². The quantitative estimate of drug-likeness (QED) is 0.287. The molecule has 0 spiro atoms. The topological polar surface area (TPSA) is 46.1 Å². The fourth-order valence-electron chi connectivity index (χ4n) is 1.06. The van der Waals surface area contributed by atoms with Gasteiger partial charge in [-0.1, -0.05) is 27.7 Å². The summed E-state index contributed by atoms with van der Waals surface area (Å²) in [5, 5.41) is 0.298. The largest absolute Gasteiger partial charge is 1.00 e. The zero-order chi connectivity index (χ0) is 9.23. The van der Waals surface area contributed by atoms with Crippen molar-refractivity contribution in [3.63, 3.8) is 0 Å². The summed E-state index contributed by atoms with van der Waals surface area (Å²) in [6, 6.07) is 0. The summed E-state index contributed by atoms with van der Waals surface area (Å²) in [6.45, 7) is 7.61. The second kappa shape index (κ2) is 13.9. The first-order valence-corrected chi connectivity index (χ1v) is 8.11. The molecule has 0 radical (unpaired) electrons. The molecule has 0 N–H and O–H groups in total. The fraction of sp³-hybridized carbons (Fsp3) is 1.00. The van der Waals surface area contributed by atoms with Gasteiger partial charge in [-0.15, -0.1) is 0 Å². The van der Waals surface area contributed by atoms with Crippen LogP contribution in [0.2, 0.25) is 0 Å². The van der Waals surface area contributed by atoms with Gasteiger partial charge in [-0.05, 0) is 10.5 Å². The molecule has 14 heavy (non-hydrogen) atoms. The first-order chi connectivity index (χ1) is 4.76. The van der Waals surface area contributed by atoms with Crippen molar-refractivity contribution in [2.75, 3.05) is 0 Å². The zero-order valence-electron chi connectivity index (χ0n) is 10.2. The van der Waals surface area contributed by atoms with Crippen LogP contribution < -0.4 is 164 Å². The molecule has 0 aliphatic heterocycles. The average Bonchev–Trinajstić information content (AvgIpc) is 1.54. The van der Waals surface area contributed by atoms with Crippen molar-refractivity contribution in [1.29, 1.82) is 0 Å². The molecule has 0 amide bonds. The van der Waals surface area contributed by atoms with Gasteiger partial charge in [0.25, 0.3) is 0 Å². The van der Waals surface area contributed by atoms with E-state index in [1.54, 1.807) is 0 Å². The third kappa shape index (κ3) is 13.0. The van der Waals surface area contributed by atoms with E-state index in [-0.39, 0.29) is 165 Å². The maximum Gasteiger partial charge on any atom is 1.00 e. The number of hydrogen-bond donors (Lipinski definition) is 0. The van der Waals surface area contributed by atoms with E-state index in [0.29, 0.717) is 0 Å². The molecule has 0 aromatic rings. The normalized spacial score (nSPS) is 10.7. The molecule has 0 rings (SSSR count). The molecule has 8 heteroatoms. The minimum atomic E-state index is -3.53. The van der Waals surface area contributed by atoms with Crippen LogP contribution in [0, 0.1) is 0 Å². The molecule has 0 fully saturated rings. The Labute approximate surface area is 223 Å². The monoisotopic (exact) mass is 330 g/mol. The molecule has 0 heterocycles. The third-order valence-corrected chi connectivity index (χ3v) is 9.30. The zero-order valence-corrected chi connectivity index (χ0v) is 22.1. The van der Waals surface area contributed by atoms with Crippen LogP contribution in [0.4, 0.5) is 0 Å². The molecule has 0 saturated carbocycles. The summed E-state index contributed by atoms with van der Waals surface area (Å²) < 4.78 is 0. The summed E-state index contributed by atoms with van der Waals surface area (Å²) in [4.78, 5) is 22.1. The van der Waals surface area contributed by atoms with Crippen LogP contribution in [0.5, 0.6) is 0 Å².